The first-order valence-corrected chi connectivity index (χ1v) is 19.7. The van der Waals surface area contributed by atoms with Crippen molar-refractivity contribution in [1.82, 2.24) is 26.2 Å². The van der Waals surface area contributed by atoms with E-state index < -0.39 is 53.1 Å². The molecule has 6 unspecified atom stereocenters. The molecule has 286 valence electrons. The Bertz CT molecular complexity index is 1470. The van der Waals surface area contributed by atoms with Crippen molar-refractivity contribution in [1.29, 1.82) is 0 Å². The van der Waals surface area contributed by atoms with Gasteiger partial charge < -0.3 is 26.2 Å². The number of fused-ring (bicyclic) bond motifs is 1. The summed E-state index contributed by atoms with van der Waals surface area (Å²) in [6.07, 6.45) is 16.4. The van der Waals surface area contributed by atoms with Crippen LogP contribution in [-0.4, -0.2) is 83.2 Å². The molecule has 12 nitrogen and oxygen atoms in total. The summed E-state index contributed by atoms with van der Waals surface area (Å²) in [6, 6.07) is -3.62. The second kappa shape index (κ2) is 17.3. The van der Waals surface area contributed by atoms with Gasteiger partial charge in [-0.25, -0.2) is 0 Å². The minimum absolute atomic E-state index is 0.0149. The van der Waals surface area contributed by atoms with Gasteiger partial charge in [0.15, 0.2) is 0 Å². The van der Waals surface area contributed by atoms with Gasteiger partial charge >= 0.3 is 0 Å². The van der Waals surface area contributed by atoms with Crippen molar-refractivity contribution in [3.05, 3.63) is 23.4 Å². The zero-order chi connectivity index (χ0) is 37.6. The van der Waals surface area contributed by atoms with Gasteiger partial charge in [0.1, 0.15) is 18.1 Å². The number of nitrogens with zero attached hydrogens (tertiary/aromatic N) is 2. The van der Waals surface area contributed by atoms with Crippen LogP contribution in [0.1, 0.15) is 125 Å². The molecular weight excluding hydrogens is 660 g/mol. The molecule has 5 rings (SSSR count). The van der Waals surface area contributed by atoms with E-state index in [1.54, 1.807) is 17.3 Å². The molecule has 2 aliphatic heterocycles. The van der Waals surface area contributed by atoms with E-state index in [9.17, 15) is 28.8 Å². The first kappa shape index (κ1) is 39.4. The second-order valence-corrected chi connectivity index (χ2v) is 16.8. The maximum Gasteiger partial charge on any atom is 0.289 e. The number of carbonyl (C=O) groups excluding carboxylic acids is 6. The molecule has 5 amide bonds. The smallest absolute Gasteiger partial charge is 0.289 e. The summed E-state index contributed by atoms with van der Waals surface area (Å²) >= 11 is 0. The molecule has 4 fully saturated rings. The van der Waals surface area contributed by atoms with Crippen LogP contribution in [0.25, 0.3) is 0 Å². The highest BCUT2D eigenvalue weighted by atomic mass is 16.2. The topological polar surface area (TPSA) is 166 Å². The van der Waals surface area contributed by atoms with Gasteiger partial charge in [-0.05, 0) is 87.9 Å². The average molecular weight is 721 g/mol. The summed E-state index contributed by atoms with van der Waals surface area (Å²) in [5, 5.41) is 11.7. The van der Waals surface area contributed by atoms with Crippen molar-refractivity contribution in [3.8, 4) is 0 Å². The van der Waals surface area contributed by atoms with Crippen LogP contribution in [0, 0.1) is 23.2 Å². The van der Waals surface area contributed by atoms with Crippen molar-refractivity contribution in [3.63, 3.8) is 0 Å². The van der Waals surface area contributed by atoms with Crippen LogP contribution >= 0.6 is 0 Å². The number of likely N-dealkylation sites (tertiary alicyclic amines) is 1. The number of carbonyl (C=O) groups is 6. The Morgan fingerprint density at radius 2 is 1.65 bits per heavy atom. The molecule has 0 aromatic heterocycles. The number of hydrogen-bond acceptors (Lipinski definition) is 7. The largest absolute Gasteiger partial charge is 0.347 e. The fourth-order valence-electron chi connectivity index (χ4n) is 8.51. The molecule has 6 atom stereocenters. The predicted octanol–water partition coefficient (Wildman–Crippen LogP) is 4.04. The highest BCUT2D eigenvalue weighted by Crippen LogP contribution is 2.43. The normalized spacial score (nSPS) is 25.3. The van der Waals surface area contributed by atoms with Gasteiger partial charge in [-0.1, -0.05) is 71.4 Å². The van der Waals surface area contributed by atoms with E-state index in [1.807, 2.05) is 40.7 Å². The summed E-state index contributed by atoms with van der Waals surface area (Å²) in [6.45, 7) is 9.84. The molecule has 0 spiro atoms. The van der Waals surface area contributed by atoms with Crippen LogP contribution in [0.2, 0.25) is 0 Å². The zero-order valence-electron chi connectivity index (χ0n) is 31.8. The Balaban J connectivity index is 1.37. The van der Waals surface area contributed by atoms with Crippen molar-refractivity contribution >= 4 is 41.5 Å². The molecule has 12 heteroatoms. The first-order chi connectivity index (χ1) is 24.8. The molecule has 52 heavy (non-hydrogen) atoms. The Hall–Kier alpha value is -3.83. The maximum atomic E-state index is 14.7. The summed E-state index contributed by atoms with van der Waals surface area (Å²) in [4.78, 5) is 88.7. The predicted molar refractivity (Wildman–Crippen MR) is 199 cm³/mol. The van der Waals surface area contributed by atoms with Crippen LogP contribution in [0.4, 0.5) is 0 Å². The lowest BCUT2D eigenvalue weighted by Crippen LogP contribution is -2.62. The van der Waals surface area contributed by atoms with Crippen LogP contribution in [0.15, 0.2) is 28.4 Å². The van der Waals surface area contributed by atoms with Gasteiger partial charge in [-0.2, -0.15) is 0 Å². The third kappa shape index (κ3) is 9.58. The first-order valence-electron chi connectivity index (χ1n) is 19.7. The van der Waals surface area contributed by atoms with E-state index in [0.717, 1.165) is 76.2 Å². The third-order valence-corrected chi connectivity index (χ3v) is 11.7. The standard InChI is InChI=1S/C40H60N6O6/c1-6-13-30(33(47)38(51)42-27-19-20-27)43-37(50)32-28-18-12-17-26(28)23-46(32)39(52)34(40(3,4)5)45-36(49)31(25-15-8-7-9-16-25)44-35(48)29-22-41-21-11-10-14-24(29)2/h11,21-22,25-28,30-32,34H,6-10,12-20,23H2,1-5H3,(H,42,51)(H,43,50)(H,44,48)(H,45,49). The van der Waals surface area contributed by atoms with E-state index in [4.69, 9.17) is 0 Å². The molecule has 0 aromatic rings. The lowest BCUT2D eigenvalue weighted by Gasteiger charge is -2.38. The molecule has 5 aliphatic rings. The molecule has 3 saturated carbocycles. The number of aliphatic imine (C=N–C) groups is 1. The highest BCUT2D eigenvalue weighted by molar-refractivity contribution is 6.38. The quantitative estimate of drug-likeness (QED) is 0.210. The summed E-state index contributed by atoms with van der Waals surface area (Å²) < 4.78 is 0. The van der Waals surface area contributed by atoms with E-state index in [0.29, 0.717) is 31.4 Å². The molecule has 1 saturated heterocycles. The van der Waals surface area contributed by atoms with Gasteiger partial charge in [0.05, 0.1) is 11.6 Å². The summed E-state index contributed by atoms with van der Waals surface area (Å²) in [5.74, 6) is -2.94. The number of amides is 5. The average Bonchev–Trinajstić information content (AvgIpc) is 3.66. The molecular formula is C40H60N6O6. The van der Waals surface area contributed by atoms with Gasteiger partial charge in [0, 0.05) is 25.0 Å². The van der Waals surface area contributed by atoms with Gasteiger partial charge in [0.2, 0.25) is 23.5 Å². The van der Waals surface area contributed by atoms with Crippen LogP contribution in [-0.2, 0) is 28.8 Å². The number of hydrogen-bond donors (Lipinski definition) is 4. The van der Waals surface area contributed by atoms with Gasteiger partial charge in [-0.15, -0.1) is 0 Å². The zero-order valence-corrected chi connectivity index (χ0v) is 31.8. The lowest BCUT2D eigenvalue weighted by atomic mass is 9.82. The Morgan fingerprint density at radius 1 is 0.923 bits per heavy atom. The molecule has 2 heterocycles. The van der Waals surface area contributed by atoms with Crippen molar-refractivity contribution in [2.24, 2.45) is 28.2 Å². The van der Waals surface area contributed by atoms with Crippen LogP contribution in [0.3, 0.4) is 0 Å². The van der Waals surface area contributed by atoms with Crippen LogP contribution in [0.5, 0.6) is 0 Å². The maximum absolute atomic E-state index is 14.7. The molecule has 3 aliphatic carbocycles. The molecule has 0 radical (unpaired) electrons. The van der Waals surface area contributed by atoms with E-state index in [2.05, 4.69) is 26.3 Å². The number of allylic oxidation sites excluding steroid dienone is 2. The number of nitrogens with one attached hydrogen (secondary N) is 4. The molecule has 0 bridgehead atoms. The van der Waals surface area contributed by atoms with E-state index in [-0.39, 0.29) is 35.6 Å². The third-order valence-electron chi connectivity index (χ3n) is 11.7. The monoisotopic (exact) mass is 720 g/mol. The Labute approximate surface area is 308 Å². The number of rotatable bonds is 13. The van der Waals surface area contributed by atoms with Crippen LogP contribution < -0.4 is 21.3 Å². The lowest BCUT2D eigenvalue weighted by molar-refractivity contribution is -0.146. The van der Waals surface area contributed by atoms with E-state index in [1.165, 1.54) is 0 Å². The fourth-order valence-corrected chi connectivity index (χ4v) is 8.51. The minimum atomic E-state index is -0.983. The highest BCUT2D eigenvalue weighted by Gasteiger charge is 2.52. The van der Waals surface area contributed by atoms with Crippen molar-refractivity contribution in [2.75, 3.05) is 6.54 Å². The fraction of sp³-hybridized carbons (Fsp3) is 0.725. The second-order valence-electron chi connectivity index (χ2n) is 16.8. The number of Topliss-reactive ketones (excluding diaryl/α,β-unsaturated/α-hetero) is 1. The summed E-state index contributed by atoms with van der Waals surface area (Å²) in [7, 11) is 0. The van der Waals surface area contributed by atoms with Crippen molar-refractivity contribution < 1.29 is 28.8 Å². The van der Waals surface area contributed by atoms with Crippen molar-refractivity contribution in [2.45, 2.75) is 155 Å². The van der Waals surface area contributed by atoms with E-state index >= 15 is 0 Å². The summed E-state index contributed by atoms with van der Waals surface area (Å²) in [5.41, 5.74) is 0.612. The van der Waals surface area contributed by atoms with Gasteiger partial charge in [-0.3, -0.25) is 33.8 Å². The Kier molecular flexibility index (Phi) is 13.1. The minimum Gasteiger partial charge on any atom is -0.347 e. The molecule has 4 N–H and O–H groups in total. The Morgan fingerprint density at radius 3 is 2.33 bits per heavy atom. The number of ketones is 1. The SMILES string of the molecule is CCCC(NC(=O)C1C2CCCC2CN1C(=O)C(NC(=O)C(NC(=O)C1=C(C)CCC=CN=C1)C1CCCCC1)C(C)(C)C)C(=O)C(=O)NC1CC1. The molecule has 0 aromatic carbocycles. The van der Waals surface area contributed by atoms with Gasteiger partial charge in [0.25, 0.3) is 11.8 Å².